The van der Waals surface area contributed by atoms with E-state index in [0.29, 0.717) is 57.2 Å². The molecule has 1 aromatic carbocycles. The zero-order valence-corrected chi connectivity index (χ0v) is 17.1. The molecule has 1 aliphatic heterocycles. The summed E-state index contributed by atoms with van der Waals surface area (Å²) in [5, 5.41) is 2.85. The summed E-state index contributed by atoms with van der Waals surface area (Å²) >= 11 is 0. The van der Waals surface area contributed by atoms with Crippen LogP contribution >= 0.6 is 0 Å². The average molecular weight is 412 g/mol. The second-order valence-corrected chi connectivity index (χ2v) is 9.80. The molecule has 2 aliphatic rings. The van der Waals surface area contributed by atoms with E-state index in [1.165, 1.54) is 23.2 Å². The summed E-state index contributed by atoms with van der Waals surface area (Å²) in [5.41, 5.74) is 0.518. The van der Waals surface area contributed by atoms with Gasteiger partial charge in [0.15, 0.2) is 0 Å². The fraction of sp³-hybridized carbons (Fsp3) is 0.650. The second-order valence-electron chi connectivity index (χ2n) is 7.71. The lowest BCUT2D eigenvalue weighted by Crippen LogP contribution is -2.49. The first-order valence-corrected chi connectivity index (χ1v) is 11.8. The van der Waals surface area contributed by atoms with Crippen LogP contribution in [0.5, 0.6) is 0 Å². The third-order valence-electron chi connectivity index (χ3n) is 5.68. The maximum atomic E-state index is 13.9. The maximum absolute atomic E-state index is 13.9. The Labute approximate surface area is 167 Å². The normalized spacial score (nSPS) is 19.1. The van der Waals surface area contributed by atoms with Crippen LogP contribution in [0.25, 0.3) is 0 Å². The Morgan fingerprint density at radius 1 is 1.11 bits per heavy atom. The van der Waals surface area contributed by atoms with Gasteiger partial charge in [-0.1, -0.05) is 25.0 Å². The third-order valence-corrected chi connectivity index (χ3v) is 7.63. The summed E-state index contributed by atoms with van der Waals surface area (Å²) in [7, 11) is -3.36. The van der Waals surface area contributed by atoms with Gasteiger partial charge in [0.1, 0.15) is 5.82 Å². The molecule has 1 saturated heterocycles. The van der Waals surface area contributed by atoms with Crippen molar-refractivity contribution < 1.29 is 17.6 Å². The van der Waals surface area contributed by atoms with E-state index < -0.39 is 10.0 Å². The summed E-state index contributed by atoms with van der Waals surface area (Å²) in [4.78, 5) is 13.8. The summed E-state index contributed by atoms with van der Waals surface area (Å²) in [6.07, 6.45) is 5.64. The van der Waals surface area contributed by atoms with Crippen molar-refractivity contribution in [3.8, 4) is 0 Å². The number of hydrogen-bond donors (Lipinski definition) is 1. The standard InChI is InChI=1S/C20H30FN3O3S/c21-18-8-3-4-9-19(18)23-11-13-24(14-12-23)28(26,27)15-5-10-22-20(25)16-17-6-1-2-7-17/h3-4,8-9,17H,1-2,5-7,10-16H2,(H,22,25). The molecule has 28 heavy (non-hydrogen) atoms. The lowest BCUT2D eigenvalue weighted by Gasteiger charge is -2.35. The van der Waals surface area contributed by atoms with E-state index in [1.54, 1.807) is 18.2 Å². The first-order chi connectivity index (χ1) is 13.5. The first kappa shape index (κ1) is 21.0. The van der Waals surface area contributed by atoms with E-state index in [9.17, 15) is 17.6 Å². The van der Waals surface area contributed by atoms with Crippen molar-refractivity contribution in [2.75, 3.05) is 43.4 Å². The van der Waals surface area contributed by atoms with Gasteiger partial charge in [-0.15, -0.1) is 0 Å². The number of benzene rings is 1. The Morgan fingerprint density at radius 2 is 1.79 bits per heavy atom. The Hall–Kier alpha value is -1.67. The molecule has 0 bridgehead atoms. The molecule has 156 valence electrons. The van der Waals surface area contributed by atoms with Gasteiger partial charge in [0, 0.05) is 39.1 Å². The van der Waals surface area contributed by atoms with Crippen LogP contribution in [0.15, 0.2) is 24.3 Å². The molecule has 8 heteroatoms. The van der Waals surface area contributed by atoms with Crippen molar-refractivity contribution in [3.63, 3.8) is 0 Å². The van der Waals surface area contributed by atoms with Crippen molar-refractivity contribution >= 4 is 21.6 Å². The number of nitrogens with zero attached hydrogens (tertiary/aromatic N) is 2. The topological polar surface area (TPSA) is 69.7 Å². The molecule has 3 rings (SSSR count). The van der Waals surface area contributed by atoms with Crippen molar-refractivity contribution in [2.45, 2.75) is 38.5 Å². The number of rotatable bonds is 8. The largest absolute Gasteiger partial charge is 0.367 e. The second kappa shape index (κ2) is 9.69. The number of sulfonamides is 1. The van der Waals surface area contributed by atoms with Crippen molar-refractivity contribution in [1.29, 1.82) is 0 Å². The fourth-order valence-electron chi connectivity index (χ4n) is 4.08. The predicted molar refractivity (Wildman–Crippen MR) is 108 cm³/mol. The molecule has 1 saturated carbocycles. The number of hydrogen-bond acceptors (Lipinski definition) is 4. The molecule has 6 nitrogen and oxygen atoms in total. The van der Waals surface area contributed by atoms with Crippen LogP contribution in [0.2, 0.25) is 0 Å². The average Bonchev–Trinajstić information content (AvgIpc) is 3.19. The zero-order chi connectivity index (χ0) is 20.0. The molecule has 1 N–H and O–H groups in total. The monoisotopic (exact) mass is 411 g/mol. The maximum Gasteiger partial charge on any atom is 0.220 e. The van der Waals surface area contributed by atoms with Gasteiger partial charge in [-0.05, 0) is 37.3 Å². The zero-order valence-electron chi connectivity index (χ0n) is 16.3. The van der Waals surface area contributed by atoms with E-state index in [2.05, 4.69) is 5.32 Å². The Bertz CT molecular complexity index is 758. The minimum Gasteiger partial charge on any atom is -0.367 e. The Morgan fingerprint density at radius 3 is 2.46 bits per heavy atom. The highest BCUT2D eigenvalue weighted by Gasteiger charge is 2.27. The molecular weight excluding hydrogens is 381 g/mol. The number of carbonyl (C=O) groups excluding carboxylic acids is 1. The lowest BCUT2D eigenvalue weighted by atomic mass is 10.0. The van der Waals surface area contributed by atoms with Crippen LogP contribution < -0.4 is 10.2 Å². The number of nitrogens with one attached hydrogen (secondary N) is 1. The molecular formula is C20H30FN3O3S. The number of para-hydroxylation sites is 1. The molecule has 0 spiro atoms. The van der Waals surface area contributed by atoms with Gasteiger partial charge >= 0.3 is 0 Å². The smallest absolute Gasteiger partial charge is 0.220 e. The highest BCUT2D eigenvalue weighted by molar-refractivity contribution is 7.89. The highest BCUT2D eigenvalue weighted by atomic mass is 32.2. The van der Waals surface area contributed by atoms with Crippen LogP contribution in [-0.2, 0) is 14.8 Å². The van der Waals surface area contributed by atoms with Crippen molar-refractivity contribution in [2.24, 2.45) is 5.92 Å². The van der Waals surface area contributed by atoms with Crippen LogP contribution in [-0.4, -0.2) is 57.1 Å². The molecule has 1 heterocycles. The van der Waals surface area contributed by atoms with E-state index in [1.807, 2.05) is 4.90 Å². The first-order valence-electron chi connectivity index (χ1n) is 10.2. The van der Waals surface area contributed by atoms with Gasteiger partial charge in [0.25, 0.3) is 0 Å². The lowest BCUT2D eigenvalue weighted by molar-refractivity contribution is -0.121. The Kier molecular flexibility index (Phi) is 7.29. The van der Waals surface area contributed by atoms with Gasteiger partial charge in [-0.25, -0.2) is 12.8 Å². The summed E-state index contributed by atoms with van der Waals surface area (Å²) in [5.74, 6) is 0.264. The van der Waals surface area contributed by atoms with Gasteiger partial charge in [0.05, 0.1) is 11.4 Å². The summed E-state index contributed by atoms with van der Waals surface area (Å²) < 4.78 is 40.5. The number of amides is 1. The highest BCUT2D eigenvalue weighted by Crippen LogP contribution is 2.27. The number of piperazine rings is 1. The summed E-state index contributed by atoms with van der Waals surface area (Å²) in [6.45, 7) is 2.03. The molecule has 1 amide bonds. The van der Waals surface area contributed by atoms with E-state index >= 15 is 0 Å². The Balaban J connectivity index is 1.38. The number of halogens is 1. The van der Waals surface area contributed by atoms with Gasteiger partial charge < -0.3 is 10.2 Å². The molecule has 1 aromatic rings. The van der Waals surface area contributed by atoms with Gasteiger partial charge in [0.2, 0.25) is 15.9 Å². The SMILES string of the molecule is O=C(CC1CCCC1)NCCCS(=O)(=O)N1CCN(c2ccccc2F)CC1. The minimum absolute atomic E-state index is 0.0242. The van der Waals surface area contributed by atoms with E-state index in [4.69, 9.17) is 0 Å². The van der Waals surface area contributed by atoms with Crippen LogP contribution in [0.4, 0.5) is 10.1 Å². The van der Waals surface area contributed by atoms with E-state index in [0.717, 1.165) is 12.8 Å². The van der Waals surface area contributed by atoms with Crippen LogP contribution in [0, 0.1) is 11.7 Å². The van der Waals surface area contributed by atoms with E-state index in [-0.39, 0.29) is 17.5 Å². The molecule has 0 unspecified atom stereocenters. The molecule has 0 aromatic heterocycles. The summed E-state index contributed by atoms with van der Waals surface area (Å²) in [6, 6.07) is 6.56. The van der Waals surface area contributed by atoms with Crippen molar-refractivity contribution in [3.05, 3.63) is 30.1 Å². The fourth-order valence-corrected chi connectivity index (χ4v) is 5.56. The predicted octanol–water partition coefficient (Wildman–Crippen LogP) is 2.36. The van der Waals surface area contributed by atoms with Crippen LogP contribution in [0.3, 0.4) is 0 Å². The quantitative estimate of drug-likeness (QED) is 0.667. The molecule has 0 atom stereocenters. The van der Waals surface area contributed by atoms with Gasteiger partial charge in [-0.3, -0.25) is 4.79 Å². The molecule has 2 fully saturated rings. The number of carbonyl (C=O) groups is 1. The molecule has 1 aliphatic carbocycles. The van der Waals surface area contributed by atoms with Gasteiger partial charge in [-0.2, -0.15) is 4.31 Å². The third kappa shape index (κ3) is 5.67. The minimum atomic E-state index is -3.36. The van der Waals surface area contributed by atoms with Crippen LogP contribution in [0.1, 0.15) is 38.5 Å². The number of anilines is 1. The van der Waals surface area contributed by atoms with Crippen molar-refractivity contribution in [1.82, 2.24) is 9.62 Å². The molecule has 0 radical (unpaired) electrons.